The van der Waals surface area contributed by atoms with Crippen LogP contribution in [0.2, 0.25) is 0 Å². The number of ether oxygens (including phenoxy) is 2. The number of methoxy groups -OCH3 is 1. The minimum atomic E-state index is -1.77. The molecule has 4 aliphatic carbocycles. The van der Waals surface area contributed by atoms with Crippen LogP contribution >= 0.6 is 0 Å². The number of Topliss-reactive ketones (excluding diaryl/α,β-unsaturated/α-hetero) is 1. The third-order valence-electron chi connectivity index (χ3n) is 11.5. The van der Waals surface area contributed by atoms with Gasteiger partial charge in [-0.05, 0) is 67.8 Å². The van der Waals surface area contributed by atoms with Gasteiger partial charge >= 0.3 is 11.9 Å². The number of aliphatic hydroxyl groups excluding tert-OH is 2. The van der Waals surface area contributed by atoms with E-state index in [0.717, 1.165) is 18.4 Å². The lowest BCUT2D eigenvalue weighted by Gasteiger charge is -2.60. The Labute approximate surface area is 245 Å². The highest BCUT2D eigenvalue weighted by molar-refractivity contribution is 5.92. The topological polar surface area (TPSA) is 168 Å². The number of carbonyl (C=O) groups excluding carboxylic acids is 5. The first kappa shape index (κ1) is 30.8. The van der Waals surface area contributed by atoms with Crippen LogP contribution in [-0.2, 0) is 33.4 Å². The Morgan fingerprint density at radius 1 is 1.07 bits per heavy atom. The van der Waals surface area contributed by atoms with Gasteiger partial charge < -0.3 is 29.7 Å². The van der Waals surface area contributed by atoms with E-state index in [1.807, 2.05) is 6.92 Å². The van der Waals surface area contributed by atoms with Crippen molar-refractivity contribution in [2.75, 3.05) is 20.3 Å². The molecule has 3 N–H and O–H groups in total. The largest absolute Gasteiger partial charge is 0.467 e. The van der Waals surface area contributed by atoms with Crippen molar-refractivity contribution in [2.45, 2.75) is 102 Å². The zero-order valence-corrected chi connectivity index (χ0v) is 24.7. The Morgan fingerprint density at radius 2 is 1.81 bits per heavy atom. The Morgan fingerprint density at radius 3 is 2.52 bits per heavy atom. The van der Waals surface area contributed by atoms with Gasteiger partial charge in [-0.25, -0.2) is 4.79 Å². The van der Waals surface area contributed by atoms with Crippen LogP contribution in [0.1, 0.15) is 78.1 Å². The molecule has 3 saturated carbocycles. The van der Waals surface area contributed by atoms with E-state index in [0.29, 0.717) is 19.3 Å². The highest BCUT2D eigenvalue weighted by Crippen LogP contribution is 2.67. The minimum absolute atomic E-state index is 0.00254. The third-order valence-corrected chi connectivity index (χ3v) is 11.5. The van der Waals surface area contributed by atoms with Crippen molar-refractivity contribution in [3.63, 3.8) is 0 Å². The zero-order chi connectivity index (χ0) is 30.6. The van der Waals surface area contributed by atoms with Crippen molar-refractivity contribution in [3.05, 3.63) is 11.6 Å². The number of hydrogen-bond acceptors (Lipinski definition) is 10. The van der Waals surface area contributed by atoms with Gasteiger partial charge in [0.1, 0.15) is 11.6 Å². The first-order chi connectivity index (χ1) is 19.7. The van der Waals surface area contributed by atoms with Crippen LogP contribution in [0.5, 0.6) is 0 Å². The molecule has 11 nitrogen and oxygen atoms in total. The fourth-order valence-corrected chi connectivity index (χ4v) is 9.29. The second-order valence-corrected chi connectivity index (χ2v) is 13.5. The highest BCUT2D eigenvalue weighted by Gasteiger charge is 2.68. The molecule has 42 heavy (non-hydrogen) atoms. The normalized spacial score (nSPS) is 40.9. The molecule has 0 bridgehead atoms. The van der Waals surface area contributed by atoms with Gasteiger partial charge in [-0.3, -0.25) is 19.2 Å². The van der Waals surface area contributed by atoms with Crippen LogP contribution in [0.4, 0.5) is 0 Å². The number of fused-ring (bicyclic) bond motifs is 5. The summed E-state index contributed by atoms with van der Waals surface area (Å²) >= 11 is 0. The number of hydrogen-bond donors (Lipinski definition) is 3. The van der Waals surface area contributed by atoms with Gasteiger partial charge in [0.05, 0.1) is 25.7 Å². The van der Waals surface area contributed by atoms with E-state index in [1.165, 1.54) is 12.0 Å². The number of esters is 2. The summed E-state index contributed by atoms with van der Waals surface area (Å²) in [6.45, 7) is 3.33. The van der Waals surface area contributed by atoms with Gasteiger partial charge in [-0.15, -0.1) is 0 Å². The van der Waals surface area contributed by atoms with Crippen LogP contribution in [0.15, 0.2) is 11.6 Å². The average molecular weight is 590 g/mol. The minimum Gasteiger partial charge on any atom is -0.467 e. The van der Waals surface area contributed by atoms with Crippen molar-refractivity contribution >= 4 is 29.4 Å². The summed E-state index contributed by atoms with van der Waals surface area (Å²) in [5.41, 5.74) is -1.83. The molecule has 9 atom stereocenters. The van der Waals surface area contributed by atoms with E-state index in [9.17, 15) is 39.3 Å². The third kappa shape index (κ3) is 4.91. The summed E-state index contributed by atoms with van der Waals surface area (Å²) in [5.74, 6) is -2.37. The van der Waals surface area contributed by atoms with Gasteiger partial charge in [0.15, 0.2) is 12.4 Å². The van der Waals surface area contributed by atoms with Crippen LogP contribution in [0.25, 0.3) is 0 Å². The zero-order valence-electron chi connectivity index (χ0n) is 24.7. The summed E-state index contributed by atoms with van der Waals surface area (Å²) in [4.78, 5) is 63.8. The standard InChI is InChI=1S/C31H43NO10/c1-29-10-8-18(33)12-17(29)4-5-20-21-9-11-31(40,30(21,2)14-23(35)27(20)29)24(36)16-42-26(38)7-6-25(37)32-15-19(34)13-22(32)28(39)41-3/h12,19-23,27,34-35,40H,4-11,13-16H2,1-3H3/t19-,20-,21-,22-,23-,27+,29-,30-,31-/m0/s1. The molecule has 232 valence electrons. The molecule has 5 rings (SSSR count). The van der Waals surface area contributed by atoms with Crippen LogP contribution < -0.4 is 0 Å². The smallest absolute Gasteiger partial charge is 0.328 e. The van der Waals surface area contributed by atoms with Crippen LogP contribution in [0.3, 0.4) is 0 Å². The first-order valence-electron chi connectivity index (χ1n) is 15.1. The van der Waals surface area contributed by atoms with Gasteiger partial charge in [0.2, 0.25) is 11.7 Å². The number of aliphatic hydroxyl groups is 3. The number of likely N-dealkylation sites (tertiary alicyclic amines) is 1. The Bertz CT molecular complexity index is 1200. The number of allylic oxidation sites excluding steroid dienone is 1. The van der Waals surface area contributed by atoms with Crippen LogP contribution in [0, 0.1) is 28.6 Å². The monoisotopic (exact) mass is 589 g/mol. The fraction of sp³-hybridized carbons (Fsp3) is 0.774. The molecule has 1 aliphatic heterocycles. The van der Waals surface area contributed by atoms with Gasteiger partial charge in [0.25, 0.3) is 0 Å². The van der Waals surface area contributed by atoms with E-state index < -0.39 is 59.5 Å². The van der Waals surface area contributed by atoms with E-state index >= 15 is 0 Å². The van der Waals surface area contributed by atoms with Crippen molar-refractivity contribution in [3.8, 4) is 0 Å². The second kappa shape index (κ2) is 11.1. The lowest BCUT2D eigenvalue weighted by molar-refractivity contribution is -0.184. The summed E-state index contributed by atoms with van der Waals surface area (Å²) in [6.07, 6.45) is 3.39. The number of carbonyl (C=O) groups is 5. The molecule has 1 saturated heterocycles. The lowest BCUT2D eigenvalue weighted by Crippen LogP contribution is -2.62. The van der Waals surface area contributed by atoms with E-state index in [4.69, 9.17) is 9.47 Å². The van der Waals surface area contributed by atoms with E-state index in [2.05, 4.69) is 6.92 Å². The predicted molar refractivity (Wildman–Crippen MR) is 146 cm³/mol. The molecular formula is C31H43NO10. The van der Waals surface area contributed by atoms with Gasteiger partial charge in [-0.1, -0.05) is 19.4 Å². The van der Waals surface area contributed by atoms with Crippen molar-refractivity contribution < 1.29 is 48.8 Å². The maximum Gasteiger partial charge on any atom is 0.328 e. The molecule has 5 aliphatic rings. The summed E-state index contributed by atoms with van der Waals surface area (Å²) in [7, 11) is 1.19. The van der Waals surface area contributed by atoms with Crippen LogP contribution in [-0.4, -0.2) is 93.7 Å². The molecule has 0 radical (unpaired) electrons. The van der Waals surface area contributed by atoms with Gasteiger partial charge in [-0.2, -0.15) is 0 Å². The summed E-state index contributed by atoms with van der Waals surface area (Å²) in [5, 5.41) is 33.2. The molecule has 0 unspecified atom stereocenters. The first-order valence-corrected chi connectivity index (χ1v) is 15.1. The molecule has 1 amide bonds. The van der Waals surface area contributed by atoms with Gasteiger partial charge in [0, 0.05) is 31.2 Å². The van der Waals surface area contributed by atoms with E-state index in [1.54, 1.807) is 6.08 Å². The number of rotatable bonds is 7. The Balaban J connectivity index is 1.20. The quantitative estimate of drug-likeness (QED) is 0.368. The molecular weight excluding hydrogens is 546 g/mol. The fourth-order valence-electron chi connectivity index (χ4n) is 9.29. The maximum atomic E-state index is 13.5. The summed E-state index contributed by atoms with van der Waals surface area (Å²) in [6, 6.07) is -0.916. The molecule has 4 fully saturated rings. The number of amides is 1. The highest BCUT2D eigenvalue weighted by atomic mass is 16.5. The van der Waals surface area contributed by atoms with E-state index in [-0.39, 0.29) is 67.6 Å². The number of nitrogens with zero attached hydrogens (tertiary/aromatic N) is 1. The van der Waals surface area contributed by atoms with Crippen molar-refractivity contribution in [2.24, 2.45) is 28.6 Å². The molecule has 0 aromatic rings. The predicted octanol–water partition coefficient (Wildman–Crippen LogP) is 1.25. The number of ketones is 2. The Kier molecular flexibility index (Phi) is 8.17. The van der Waals surface area contributed by atoms with Crippen molar-refractivity contribution in [1.82, 2.24) is 4.90 Å². The number of β-amino-alcohol motifs (C(OH)–C–C–N with tert-alkyl or cyclic N) is 1. The average Bonchev–Trinajstić information content (AvgIpc) is 3.47. The lowest BCUT2D eigenvalue weighted by atomic mass is 9.45. The van der Waals surface area contributed by atoms with Crippen molar-refractivity contribution in [1.29, 1.82) is 0 Å². The Hall–Kier alpha value is -2.63. The molecule has 0 aromatic heterocycles. The maximum absolute atomic E-state index is 13.5. The molecule has 0 aromatic carbocycles. The molecule has 1 heterocycles. The second-order valence-electron chi connectivity index (χ2n) is 13.5. The molecule has 11 heteroatoms. The molecule has 0 spiro atoms. The summed E-state index contributed by atoms with van der Waals surface area (Å²) < 4.78 is 9.90. The SMILES string of the molecule is COC(=O)[C@@H]1C[C@H](O)CN1C(=O)CCC(=O)OCC(=O)[C@@]1(O)CC[C@H]2[C@@H]3CCC4=CC(=O)CC[C@]4(C)[C@H]3[C@@H](O)C[C@@]21C.